The quantitative estimate of drug-likeness (QED) is 0.755. The minimum Gasteiger partial charge on any atom is -0.297 e. The van der Waals surface area contributed by atoms with E-state index in [4.69, 9.17) is 11.6 Å². The number of aromatic nitrogens is 2. The Kier molecular flexibility index (Phi) is 4.46. The zero-order valence-corrected chi connectivity index (χ0v) is 11.5. The van der Waals surface area contributed by atoms with Gasteiger partial charge < -0.3 is 0 Å². The summed E-state index contributed by atoms with van der Waals surface area (Å²) in [5.41, 5.74) is 1.19. The number of rotatable bonds is 5. The molecule has 2 rings (SSSR count). The van der Waals surface area contributed by atoms with E-state index in [1.165, 1.54) is 25.2 Å². The summed E-state index contributed by atoms with van der Waals surface area (Å²) in [6.07, 6.45) is 4.52. The molecule has 0 N–H and O–H groups in total. The van der Waals surface area contributed by atoms with E-state index in [0.29, 0.717) is 6.04 Å². The average molecular weight is 256 g/mol. The lowest BCUT2D eigenvalue weighted by Crippen LogP contribution is -2.20. The van der Waals surface area contributed by atoms with Crippen molar-refractivity contribution in [1.82, 2.24) is 14.7 Å². The predicted octanol–water partition coefficient (Wildman–Crippen LogP) is 2.91. The minimum atomic E-state index is 0.450. The highest BCUT2D eigenvalue weighted by Gasteiger charge is 2.22. The van der Waals surface area contributed by atoms with E-state index in [-0.39, 0.29) is 0 Å². The van der Waals surface area contributed by atoms with Gasteiger partial charge in [-0.25, -0.2) is 0 Å². The van der Waals surface area contributed by atoms with Gasteiger partial charge in [-0.3, -0.25) is 9.58 Å². The molecule has 1 aromatic heterocycles. The molecule has 1 aliphatic rings. The topological polar surface area (TPSA) is 21.1 Å². The molecule has 1 unspecified atom stereocenters. The fourth-order valence-electron chi connectivity index (χ4n) is 2.42. The van der Waals surface area contributed by atoms with Gasteiger partial charge in [-0.2, -0.15) is 5.10 Å². The van der Waals surface area contributed by atoms with Gasteiger partial charge in [0.1, 0.15) is 0 Å². The molecule has 1 saturated heterocycles. The van der Waals surface area contributed by atoms with Crippen LogP contribution in [-0.4, -0.2) is 33.6 Å². The van der Waals surface area contributed by atoms with Gasteiger partial charge >= 0.3 is 0 Å². The lowest BCUT2D eigenvalue weighted by Gasteiger charge is -2.14. The number of alkyl halides is 1. The molecule has 0 aliphatic carbocycles. The van der Waals surface area contributed by atoms with Crippen molar-refractivity contribution in [3.05, 3.63) is 18.0 Å². The molecule has 0 aromatic carbocycles. The Hall–Kier alpha value is -0.540. The number of likely N-dealkylation sites (tertiary alicyclic amines) is 1. The molecule has 4 heteroatoms. The SMILES string of the molecule is CC(C)n1ccc(CN2CCC(CCCl)C2)n1. The number of hydrogen-bond donors (Lipinski definition) is 0. The second-order valence-electron chi connectivity index (χ2n) is 5.25. The highest BCUT2D eigenvalue weighted by molar-refractivity contribution is 6.17. The van der Waals surface area contributed by atoms with Crippen molar-refractivity contribution in [3.63, 3.8) is 0 Å². The molecule has 0 bridgehead atoms. The van der Waals surface area contributed by atoms with E-state index in [0.717, 1.165) is 24.8 Å². The number of halogens is 1. The maximum absolute atomic E-state index is 5.79. The average Bonchev–Trinajstić information content (AvgIpc) is 2.89. The van der Waals surface area contributed by atoms with E-state index in [1.807, 2.05) is 4.68 Å². The molecular formula is C13H22ClN3. The third-order valence-corrected chi connectivity index (χ3v) is 3.68. The van der Waals surface area contributed by atoms with Gasteiger partial charge in [0, 0.05) is 31.2 Å². The molecule has 3 nitrogen and oxygen atoms in total. The third-order valence-electron chi connectivity index (χ3n) is 3.47. The summed E-state index contributed by atoms with van der Waals surface area (Å²) in [5, 5.41) is 4.59. The van der Waals surface area contributed by atoms with E-state index in [1.54, 1.807) is 0 Å². The van der Waals surface area contributed by atoms with Crippen molar-refractivity contribution < 1.29 is 0 Å². The first-order valence-electron chi connectivity index (χ1n) is 6.51. The lowest BCUT2D eigenvalue weighted by molar-refractivity contribution is 0.309. The molecule has 0 spiro atoms. The maximum atomic E-state index is 5.79. The second-order valence-corrected chi connectivity index (χ2v) is 5.63. The first kappa shape index (κ1) is 12.9. The van der Waals surface area contributed by atoms with Gasteiger partial charge in [-0.1, -0.05) is 0 Å². The minimum absolute atomic E-state index is 0.450. The van der Waals surface area contributed by atoms with Crippen molar-refractivity contribution in [2.75, 3.05) is 19.0 Å². The van der Waals surface area contributed by atoms with Crippen LogP contribution in [0.1, 0.15) is 38.4 Å². The monoisotopic (exact) mass is 255 g/mol. The van der Waals surface area contributed by atoms with E-state index >= 15 is 0 Å². The van der Waals surface area contributed by atoms with Crippen LogP contribution in [0.3, 0.4) is 0 Å². The Bertz CT molecular complexity index is 348. The Balaban J connectivity index is 1.85. The van der Waals surface area contributed by atoms with Crippen molar-refractivity contribution in [3.8, 4) is 0 Å². The Morgan fingerprint density at radius 2 is 2.35 bits per heavy atom. The first-order valence-corrected chi connectivity index (χ1v) is 7.05. The normalized spacial score (nSPS) is 21.5. The second kappa shape index (κ2) is 5.87. The fraction of sp³-hybridized carbons (Fsp3) is 0.769. The van der Waals surface area contributed by atoms with Crippen LogP contribution < -0.4 is 0 Å². The van der Waals surface area contributed by atoms with Gasteiger partial charge in [0.05, 0.1) is 5.69 Å². The lowest BCUT2D eigenvalue weighted by atomic mass is 10.1. The summed E-state index contributed by atoms with van der Waals surface area (Å²) in [7, 11) is 0. The van der Waals surface area contributed by atoms with Crippen LogP contribution in [0, 0.1) is 5.92 Å². The van der Waals surface area contributed by atoms with Crippen molar-refractivity contribution in [1.29, 1.82) is 0 Å². The summed E-state index contributed by atoms with van der Waals surface area (Å²) < 4.78 is 2.03. The van der Waals surface area contributed by atoms with Gasteiger partial charge in [0.2, 0.25) is 0 Å². The van der Waals surface area contributed by atoms with Gasteiger partial charge in [-0.05, 0) is 45.2 Å². The summed E-state index contributed by atoms with van der Waals surface area (Å²) in [6.45, 7) is 7.67. The van der Waals surface area contributed by atoms with Gasteiger partial charge in [0.15, 0.2) is 0 Å². The summed E-state index contributed by atoms with van der Waals surface area (Å²) in [6, 6.07) is 2.58. The standard InChI is InChI=1S/C13H22ClN3/c1-11(2)17-8-5-13(15-17)10-16-7-4-12(9-16)3-6-14/h5,8,11-12H,3-4,6-7,9-10H2,1-2H3. The Morgan fingerprint density at radius 3 is 3.00 bits per heavy atom. The highest BCUT2D eigenvalue weighted by Crippen LogP contribution is 2.21. The first-order chi connectivity index (χ1) is 8.19. The van der Waals surface area contributed by atoms with Gasteiger partial charge in [-0.15, -0.1) is 11.6 Å². The zero-order valence-electron chi connectivity index (χ0n) is 10.8. The van der Waals surface area contributed by atoms with Gasteiger partial charge in [0.25, 0.3) is 0 Å². The number of nitrogens with zero attached hydrogens (tertiary/aromatic N) is 3. The van der Waals surface area contributed by atoms with Crippen LogP contribution in [-0.2, 0) is 6.54 Å². The van der Waals surface area contributed by atoms with Crippen molar-refractivity contribution >= 4 is 11.6 Å². The van der Waals surface area contributed by atoms with Crippen LogP contribution in [0.2, 0.25) is 0 Å². The fourth-order valence-corrected chi connectivity index (χ4v) is 2.73. The highest BCUT2D eigenvalue weighted by atomic mass is 35.5. The molecular weight excluding hydrogens is 234 g/mol. The van der Waals surface area contributed by atoms with Crippen LogP contribution in [0.25, 0.3) is 0 Å². The maximum Gasteiger partial charge on any atom is 0.0764 e. The zero-order chi connectivity index (χ0) is 12.3. The smallest absolute Gasteiger partial charge is 0.0764 e. The Labute approximate surface area is 109 Å². The predicted molar refractivity (Wildman–Crippen MR) is 71.3 cm³/mol. The molecule has 2 heterocycles. The van der Waals surface area contributed by atoms with E-state index in [9.17, 15) is 0 Å². The Morgan fingerprint density at radius 1 is 1.53 bits per heavy atom. The van der Waals surface area contributed by atoms with Crippen molar-refractivity contribution in [2.24, 2.45) is 5.92 Å². The van der Waals surface area contributed by atoms with Crippen LogP contribution in [0.15, 0.2) is 12.3 Å². The molecule has 0 amide bonds. The van der Waals surface area contributed by atoms with E-state index in [2.05, 4.69) is 36.1 Å². The molecule has 1 aliphatic heterocycles. The molecule has 1 atom stereocenters. The molecule has 0 radical (unpaired) electrons. The van der Waals surface area contributed by atoms with Crippen LogP contribution in [0.5, 0.6) is 0 Å². The van der Waals surface area contributed by atoms with Crippen molar-refractivity contribution in [2.45, 2.75) is 39.3 Å². The summed E-state index contributed by atoms with van der Waals surface area (Å²) >= 11 is 5.79. The van der Waals surface area contributed by atoms with E-state index < -0.39 is 0 Å². The molecule has 1 fully saturated rings. The molecule has 17 heavy (non-hydrogen) atoms. The summed E-state index contributed by atoms with van der Waals surface area (Å²) in [5.74, 6) is 1.58. The largest absolute Gasteiger partial charge is 0.297 e. The molecule has 1 aromatic rings. The molecule has 0 saturated carbocycles. The van der Waals surface area contributed by atoms with Crippen LogP contribution >= 0.6 is 11.6 Å². The molecule has 96 valence electrons. The van der Waals surface area contributed by atoms with Crippen LogP contribution in [0.4, 0.5) is 0 Å². The summed E-state index contributed by atoms with van der Waals surface area (Å²) in [4.78, 5) is 2.49. The third kappa shape index (κ3) is 3.46. The number of hydrogen-bond acceptors (Lipinski definition) is 2.